The zero-order valence-electron chi connectivity index (χ0n) is 41.9. The van der Waals surface area contributed by atoms with E-state index >= 15 is 0 Å². The van der Waals surface area contributed by atoms with E-state index in [1.165, 1.54) is 6.92 Å². The van der Waals surface area contributed by atoms with Gasteiger partial charge >= 0.3 is 0 Å². The van der Waals surface area contributed by atoms with Crippen LogP contribution in [0.15, 0.2) is 70.8 Å². The summed E-state index contributed by atoms with van der Waals surface area (Å²) in [5.74, 6) is -7.33. The molecule has 3 aromatic rings. The van der Waals surface area contributed by atoms with Crippen LogP contribution in [-0.4, -0.2) is 132 Å². The normalized spacial score (nSPS) is 20.0. The molecule has 402 valence electrons. The van der Waals surface area contributed by atoms with Crippen molar-refractivity contribution >= 4 is 76.0 Å². The standard InChI is InChI=1S/C49H72N16O9/c1-3-4-15-33(59-28(2)66)42(69)62-36-19-20-40(67)55-24-21-37(46(73)64-38(41(50)68)26-30-27-58-32-16-9-8-14-31(30)32)63-43(70)34(17-10-22-56-48(51)52)61-47(74)39(25-29-12-6-5-7-13-29)65-44(71)35(60-45(36)72)18-11-23-57-49(53)54/h5-9,12-14,16,27,33-39,58H,3-4,10-11,15,17-26H2,1-2H3,(H2,50,68)(H,55,67)(H,59,66)(H,60,72)(H,61,74)(H,62,69)(H,63,70)(H,64,73)(H,65,71)(H4,51,52,56)(H4,53,54,57)/t33-,34-,35-,36-,37-,38-,39?/m0/s1. The number of fused-ring (bicyclic) bond motifs is 1. The van der Waals surface area contributed by atoms with Crippen molar-refractivity contribution in [2.24, 2.45) is 38.7 Å². The second-order valence-electron chi connectivity index (χ2n) is 18.0. The van der Waals surface area contributed by atoms with Crippen molar-refractivity contribution in [2.75, 3.05) is 19.6 Å². The number of carbonyl (C=O) groups excluding carboxylic acids is 9. The summed E-state index contributed by atoms with van der Waals surface area (Å²) in [6.07, 6.45) is 2.29. The van der Waals surface area contributed by atoms with Crippen molar-refractivity contribution in [1.29, 1.82) is 0 Å². The molecule has 1 unspecified atom stereocenters. The number of H-pyrrole nitrogens is 1. The Hall–Kier alpha value is -8.25. The number of aromatic nitrogens is 1. The number of primary amides is 1. The Labute approximate surface area is 428 Å². The minimum Gasteiger partial charge on any atom is -0.370 e. The summed E-state index contributed by atoms with van der Waals surface area (Å²) < 4.78 is 0. The number of carbonyl (C=O) groups is 9. The van der Waals surface area contributed by atoms with E-state index in [1.54, 1.807) is 36.5 Å². The second-order valence-corrected chi connectivity index (χ2v) is 18.0. The first-order valence-electron chi connectivity index (χ1n) is 24.7. The summed E-state index contributed by atoms with van der Waals surface area (Å²) in [4.78, 5) is 135. The predicted molar refractivity (Wildman–Crippen MR) is 277 cm³/mol. The van der Waals surface area contributed by atoms with Crippen molar-refractivity contribution in [2.45, 2.75) is 133 Å². The molecule has 9 amide bonds. The van der Waals surface area contributed by atoms with Crippen LogP contribution in [0, 0.1) is 0 Å². The van der Waals surface area contributed by atoms with Gasteiger partial charge in [0, 0.05) is 62.9 Å². The number of amides is 9. The third kappa shape index (κ3) is 19.7. The Balaban J connectivity index is 1.76. The van der Waals surface area contributed by atoms with Gasteiger partial charge < -0.3 is 76.2 Å². The molecule has 25 nitrogen and oxygen atoms in total. The number of para-hydroxylation sites is 1. The van der Waals surface area contributed by atoms with Crippen LogP contribution in [0.4, 0.5) is 0 Å². The number of nitrogens with zero attached hydrogens (tertiary/aromatic N) is 2. The van der Waals surface area contributed by atoms with Gasteiger partial charge in [0.1, 0.15) is 42.3 Å². The molecular weight excluding hydrogens is 957 g/mol. The van der Waals surface area contributed by atoms with Gasteiger partial charge in [-0.3, -0.25) is 53.1 Å². The highest BCUT2D eigenvalue weighted by atomic mass is 16.2. The molecule has 74 heavy (non-hydrogen) atoms. The minimum atomic E-state index is -1.45. The average Bonchev–Trinajstić information content (AvgIpc) is 3.76. The highest BCUT2D eigenvalue weighted by molar-refractivity contribution is 5.98. The van der Waals surface area contributed by atoms with Gasteiger partial charge in [-0.05, 0) is 62.1 Å². The fourth-order valence-corrected chi connectivity index (χ4v) is 8.16. The van der Waals surface area contributed by atoms with Gasteiger partial charge in [-0.2, -0.15) is 0 Å². The van der Waals surface area contributed by atoms with Crippen molar-refractivity contribution in [3.63, 3.8) is 0 Å². The summed E-state index contributed by atoms with van der Waals surface area (Å²) in [5.41, 5.74) is 30.1. The maximum absolute atomic E-state index is 14.5. The molecule has 2 heterocycles. The maximum atomic E-state index is 14.5. The van der Waals surface area contributed by atoms with Crippen molar-refractivity contribution in [3.05, 3.63) is 71.9 Å². The van der Waals surface area contributed by atoms with Crippen LogP contribution >= 0.6 is 0 Å². The number of guanidine groups is 2. The quantitative estimate of drug-likeness (QED) is 0.0297. The lowest BCUT2D eigenvalue weighted by Gasteiger charge is -2.28. The van der Waals surface area contributed by atoms with Gasteiger partial charge in [0.25, 0.3) is 0 Å². The number of aromatic amines is 1. The molecule has 1 aliphatic rings. The summed E-state index contributed by atoms with van der Waals surface area (Å²) in [7, 11) is 0. The number of hydrogen-bond donors (Lipinski definition) is 14. The third-order valence-electron chi connectivity index (χ3n) is 12.1. The smallest absolute Gasteiger partial charge is 0.243 e. The van der Waals surface area contributed by atoms with Gasteiger partial charge in [0.2, 0.25) is 53.2 Å². The SMILES string of the molecule is CCCC[C@H](NC(C)=O)C(=O)N[C@H]1CCC(=O)NCC[C@@H](C(=O)N[C@@H](Cc2c[nH]c3ccccc23)C(N)=O)NC(=O)[C@H](CCCN=C(N)N)NC(=O)C(Cc2ccccc2)NC(=O)[C@H](CCCN=C(N)N)NC1=O. The number of aliphatic imine (C=N–C) groups is 2. The molecule has 4 rings (SSSR count). The molecule has 0 radical (unpaired) electrons. The maximum Gasteiger partial charge on any atom is 0.243 e. The van der Waals surface area contributed by atoms with Crippen LogP contribution in [0.3, 0.4) is 0 Å². The number of benzene rings is 2. The number of rotatable bonds is 21. The molecule has 19 N–H and O–H groups in total. The van der Waals surface area contributed by atoms with Crippen LogP contribution in [0.25, 0.3) is 10.9 Å². The van der Waals surface area contributed by atoms with E-state index in [0.717, 1.165) is 10.9 Å². The molecule has 0 bridgehead atoms. The molecule has 7 atom stereocenters. The first-order valence-corrected chi connectivity index (χ1v) is 24.7. The average molecular weight is 1030 g/mol. The lowest BCUT2D eigenvalue weighted by atomic mass is 10.0. The second kappa shape index (κ2) is 29.9. The number of unbranched alkanes of at least 4 members (excludes halogenated alkanes) is 1. The van der Waals surface area contributed by atoms with Gasteiger partial charge in [0.15, 0.2) is 11.9 Å². The molecule has 1 fully saturated rings. The molecule has 0 spiro atoms. The summed E-state index contributed by atoms with van der Waals surface area (Å²) in [6, 6.07) is 6.67. The van der Waals surface area contributed by atoms with Crippen LogP contribution in [0.5, 0.6) is 0 Å². The third-order valence-corrected chi connectivity index (χ3v) is 12.1. The lowest BCUT2D eigenvalue weighted by molar-refractivity contribution is -0.136. The Morgan fingerprint density at radius 2 is 1.30 bits per heavy atom. The van der Waals surface area contributed by atoms with E-state index in [2.05, 4.69) is 57.5 Å². The molecule has 1 aromatic heterocycles. The highest BCUT2D eigenvalue weighted by Crippen LogP contribution is 2.19. The van der Waals surface area contributed by atoms with Crippen molar-refractivity contribution in [1.82, 2.24) is 47.5 Å². The zero-order valence-corrected chi connectivity index (χ0v) is 41.9. The van der Waals surface area contributed by atoms with E-state index in [9.17, 15) is 43.2 Å². The molecule has 1 saturated heterocycles. The molecule has 25 heteroatoms. The van der Waals surface area contributed by atoms with E-state index < -0.39 is 95.5 Å². The topological polar surface area (TPSA) is 420 Å². The fourth-order valence-electron chi connectivity index (χ4n) is 8.16. The van der Waals surface area contributed by atoms with Gasteiger partial charge in [0.05, 0.1) is 0 Å². The first-order chi connectivity index (χ1) is 35.3. The van der Waals surface area contributed by atoms with Gasteiger partial charge in [-0.15, -0.1) is 0 Å². The van der Waals surface area contributed by atoms with Gasteiger partial charge in [-0.25, -0.2) is 0 Å². The minimum absolute atomic E-state index is 0.0208. The highest BCUT2D eigenvalue weighted by Gasteiger charge is 2.35. The predicted octanol–water partition coefficient (Wildman–Crippen LogP) is -2.55. The number of hydrogen-bond acceptors (Lipinski definition) is 11. The van der Waals surface area contributed by atoms with Crippen molar-refractivity contribution in [3.8, 4) is 0 Å². The summed E-state index contributed by atoms with van der Waals surface area (Å²) in [5, 5.41) is 22.2. The number of nitrogens with one attached hydrogen (secondary N) is 9. The van der Waals surface area contributed by atoms with Crippen molar-refractivity contribution < 1.29 is 43.2 Å². The zero-order chi connectivity index (χ0) is 54.2. The first kappa shape index (κ1) is 58.3. The fraction of sp³-hybridized carbons (Fsp3) is 0.490. The van der Waals surface area contributed by atoms with Crippen LogP contribution in [0.2, 0.25) is 0 Å². The van der Waals surface area contributed by atoms with Crippen LogP contribution in [0.1, 0.15) is 89.2 Å². The summed E-state index contributed by atoms with van der Waals surface area (Å²) >= 11 is 0. The Bertz CT molecular complexity index is 2470. The molecule has 2 aromatic carbocycles. The molecule has 0 saturated carbocycles. The Morgan fingerprint density at radius 3 is 1.92 bits per heavy atom. The number of nitrogens with two attached hydrogens (primary N) is 5. The molecular formula is C49H72N16O9. The van der Waals surface area contributed by atoms with E-state index in [1.807, 2.05) is 31.2 Å². The monoisotopic (exact) mass is 1030 g/mol. The summed E-state index contributed by atoms with van der Waals surface area (Å²) in [6.45, 7) is 3.01. The van der Waals surface area contributed by atoms with E-state index in [4.69, 9.17) is 28.7 Å². The van der Waals surface area contributed by atoms with Gasteiger partial charge in [-0.1, -0.05) is 68.3 Å². The van der Waals surface area contributed by atoms with E-state index in [0.29, 0.717) is 24.0 Å². The Morgan fingerprint density at radius 1 is 0.703 bits per heavy atom. The molecule has 1 aliphatic heterocycles. The van der Waals surface area contributed by atoms with E-state index in [-0.39, 0.29) is 95.8 Å². The Kier molecular flexibility index (Phi) is 23.6. The largest absolute Gasteiger partial charge is 0.370 e. The van der Waals surface area contributed by atoms with Crippen LogP contribution < -0.4 is 71.2 Å². The lowest BCUT2D eigenvalue weighted by Crippen LogP contribution is -2.60. The molecule has 0 aliphatic carbocycles. The van der Waals surface area contributed by atoms with Crippen LogP contribution in [-0.2, 0) is 56.0 Å².